The second kappa shape index (κ2) is 10.8. The first kappa shape index (κ1) is 23.9. The van der Waals surface area contributed by atoms with Gasteiger partial charge in [-0.3, -0.25) is 9.89 Å². The number of aliphatic imine (C=N–C) groups is 1. The van der Waals surface area contributed by atoms with Gasteiger partial charge in [0.15, 0.2) is 0 Å². The number of nitrogens with zero attached hydrogens (tertiary/aromatic N) is 2. The number of carbonyl (C=O) groups is 1. The first-order valence-electron chi connectivity index (χ1n) is 12.0. The first-order chi connectivity index (χ1) is 17.6. The van der Waals surface area contributed by atoms with Crippen molar-refractivity contribution in [2.24, 2.45) is 4.99 Å². The zero-order valence-corrected chi connectivity index (χ0v) is 19.8. The smallest absolute Gasteiger partial charge is 0.339 e. The highest BCUT2D eigenvalue weighted by Crippen LogP contribution is 2.32. The zero-order chi connectivity index (χ0) is 24.9. The van der Waals surface area contributed by atoms with Gasteiger partial charge in [-0.15, -0.1) is 0 Å². The van der Waals surface area contributed by atoms with Gasteiger partial charge in [-0.05, 0) is 52.9 Å². The molecule has 2 aliphatic rings. The van der Waals surface area contributed by atoms with Crippen LogP contribution in [0.3, 0.4) is 0 Å². The molecule has 3 aromatic carbocycles. The molecule has 0 saturated carbocycles. The average Bonchev–Trinajstić information content (AvgIpc) is 3.34. The van der Waals surface area contributed by atoms with Crippen molar-refractivity contribution in [2.75, 3.05) is 39.4 Å². The van der Waals surface area contributed by atoms with Crippen LogP contribution < -0.4 is 4.74 Å². The Morgan fingerprint density at radius 2 is 1.78 bits per heavy atom. The summed E-state index contributed by atoms with van der Waals surface area (Å²) in [5.74, 6) is -1.02. The lowest BCUT2D eigenvalue weighted by atomic mass is 10.0. The second-order valence-corrected chi connectivity index (χ2v) is 8.80. The summed E-state index contributed by atoms with van der Waals surface area (Å²) >= 11 is 0. The molecule has 0 bridgehead atoms. The standard InChI is InChI=1S/C29H27FN2O4/c30-28-25(10-12-31-28)23-8-9-27(26(19-23)29(33)34)36-24-3-1-2-22(18-24)21-6-4-20(5-7-21)11-13-32-14-16-35-17-15-32/h1-10,18-19H,11-17H2,(H,33,34). The Kier molecular flexibility index (Phi) is 7.21. The van der Waals surface area contributed by atoms with E-state index in [1.54, 1.807) is 24.3 Å². The van der Waals surface area contributed by atoms with Gasteiger partial charge in [0.05, 0.1) is 19.8 Å². The number of rotatable bonds is 8. The van der Waals surface area contributed by atoms with Crippen LogP contribution in [0, 0.1) is 0 Å². The third-order valence-corrected chi connectivity index (χ3v) is 6.44. The van der Waals surface area contributed by atoms with E-state index in [0.717, 1.165) is 50.4 Å². The molecular weight excluding hydrogens is 459 g/mol. The highest BCUT2D eigenvalue weighted by Gasteiger charge is 2.19. The number of aromatic carboxylic acids is 1. The Labute approximate surface area is 209 Å². The first-order valence-corrected chi connectivity index (χ1v) is 12.0. The number of allylic oxidation sites excluding steroid dienone is 1. The van der Waals surface area contributed by atoms with Crippen LogP contribution in [0.5, 0.6) is 11.5 Å². The normalized spacial score (nSPS) is 15.9. The maximum absolute atomic E-state index is 13.9. The number of carboxylic acid groups (broad SMARTS) is 1. The largest absolute Gasteiger partial charge is 0.478 e. The molecule has 3 aromatic rings. The van der Waals surface area contributed by atoms with E-state index in [1.165, 1.54) is 11.6 Å². The number of benzene rings is 3. The van der Waals surface area contributed by atoms with E-state index in [-0.39, 0.29) is 17.9 Å². The van der Waals surface area contributed by atoms with Crippen molar-refractivity contribution in [1.29, 1.82) is 0 Å². The van der Waals surface area contributed by atoms with E-state index < -0.39 is 11.9 Å². The molecule has 0 unspecified atom stereocenters. The second-order valence-electron chi connectivity index (χ2n) is 8.80. The van der Waals surface area contributed by atoms with E-state index in [9.17, 15) is 14.3 Å². The number of hydrogen-bond donors (Lipinski definition) is 1. The van der Waals surface area contributed by atoms with Crippen LogP contribution in [0.4, 0.5) is 4.39 Å². The van der Waals surface area contributed by atoms with Crippen LogP contribution >= 0.6 is 0 Å². The molecule has 0 spiro atoms. The van der Waals surface area contributed by atoms with Gasteiger partial charge >= 0.3 is 5.97 Å². The van der Waals surface area contributed by atoms with E-state index in [1.807, 2.05) is 18.2 Å². The molecule has 0 aromatic heterocycles. The number of carboxylic acids is 1. The Balaban J connectivity index is 1.30. The Hall–Kier alpha value is -3.81. The molecule has 1 N–H and O–H groups in total. The van der Waals surface area contributed by atoms with E-state index in [2.05, 4.69) is 34.2 Å². The molecule has 1 saturated heterocycles. The molecule has 7 heteroatoms. The van der Waals surface area contributed by atoms with Gasteiger partial charge < -0.3 is 14.6 Å². The molecule has 2 heterocycles. The number of hydrogen-bond acceptors (Lipinski definition) is 5. The lowest BCUT2D eigenvalue weighted by molar-refractivity contribution is 0.0384. The molecule has 2 aliphatic heterocycles. The Bertz CT molecular complexity index is 1310. The summed E-state index contributed by atoms with van der Waals surface area (Å²) in [4.78, 5) is 18.0. The third kappa shape index (κ3) is 5.53. The summed E-state index contributed by atoms with van der Waals surface area (Å²) in [6, 6.07) is 20.6. The molecule has 0 amide bonds. The molecule has 6 nitrogen and oxygen atoms in total. The fourth-order valence-corrected chi connectivity index (χ4v) is 4.42. The highest BCUT2D eigenvalue weighted by atomic mass is 19.1. The zero-order valence-electron chi connectivity index (χ0n) is 19.8. The number of halogens is 1. The summed E-state index contributed by atoms with van der Waals surface area (Å²) in [6.45, 7) is 4.86. The molecule has 1 fully saturated rings. The van der Waals surface area contributed by atoms with E-state index >= 15 is 0 Å². The molecule has 0 aliphatic carbocycles. The van der Waals surface area contributed by atoms with Gasteiger partial charge in [-0.2, -0.15) is 4.39 Å². The van der Waals surface area contributed by atoms with Crippen molar-refractivity contribution in [2.45, 2.75) is 6.42 Å². The summed E-state index contributed by atoms with van der Waals surface area (Å²) < 4.78 is 25.3. The minimum atomic E-state index is -1.15. The van der Waals surface area contributed by atoms with Gasteiger partial charge in [-0.25, -0.2) is 4.79 Å². The van der Waals surface area contributed by atoms with Gasteiger partial charge in [-0.1, -0.05) is 48.5 Å². The summed E-state index contributed by atoms with van der Waals surface area (Å²) in [5.41, 5.74) is 4.02. The maximum Gasteiger partial charge on any atom is 0.339 e. The van der Waals surface area contributed by atoms with Crippen molar-refractivity contribution >= 4 is 17.5 Å². The predicted octanol–water partition coefficient (Wildman–Crippen LogP) is 5.48. The fourth-order valence-electron chi connectivity index (χ4n) is 4.42. The topological polar surface area (TPSA) is 71.4 Å². The van der Waals surface area contributed by atoms with Crippen molar-refractivity contribution in [3.8, 4) is 22.6 Å². The van der Waals surface area contributed by atoms with Gasteiger partial charge in [0.25, 0.3) is 0 Å². The number of ether oxygens (including phenoxy) is 2. The van der Waals surface area contributed by atoms with Crippen LogP contribution in [0.2, 0.25) is 0 Å². The SMILES string of the molecule is O=C(O)c1cc(C2=CCN=C2F)ccc1Oc1cccc(-c2ccc(CCN3CCOCC3)cc2)c1. The monoisotopic (exact) mass is 486 g/mol. The molecule has 0 atom stereocenters. The van der Waals surface area contributed by atoms with Crippen LogP contribution in [0.25, 0.3) is 16.7 Å². The highest BCUT2D eigenvalue weighted by molar-refractivity contribution is 6.20. The minimum Gasteiger partial charge on any atom is -0.478 e. The lowest BCUT2D eigenvalue weighted by Gasteiger charge is -2.26. The molecule has 36 heavy (non-hydrogen) atoms. The predicted molar refractivity (Wildman–Crippen MR) is 138 cm³/mol. The fraction of sp³-hybridized carbons (Fsp3) is 0.241. The summed E-state index contributed by atoms with van der Waals surface area (Å²) in [7, 11) is 0. The van der Waals surface area contributed by atoms with Gasteiger partial charge in [0.1, 0.15) is 17.1 Å². The van der Waals surface area contributed by atoms with Crippen molar-refractivity contribution in [3.63, 3.8) is 0 Å². The quantitative estimate of drug-likeness (QED) is 0.456. The van der Waals surface area contributed by atoms with Crippen LogP contribution in [-0.2, 0) is 11.2 Å². The molecule has 0 radical (unpaired) electrons. The van der Waals surface area contributed by atoms with Crippen LogP contribution in [0.15, 0.2) is 77.8 Å². The molecule has 5 rings (SSSR count). The van der Waals surface area contributed by atoms with Crippen LogP contribution in [-0.4, -0.2) is 61.3 Å². The Morgan fingerprint density at radius 1 is 1.00 bits per heavy atom. The van der Waals surface area contributed by atoms with Gasteiger partial charge in [0.2, 0.25) is 5.97 Å². The Morgan fingerprint density at radius 3 is 2.50 bits per heavy atom. The maximum atomic E-state index is 13.9. The van der Waals surface area contributed by atoms with Crippen LogP contribution in [0.1, 0.15) is 21.5 Å². The minimum absolute atomic E-state index is 0.0388. The van der Waals surface area contributed by atoms with E-state index in [0.29, 0.717) is 16.9 Å². The molecule has 184 valence electrons. The van der Waals surface area contributed by atoms with E-state index in [4.69, 9.17) is 9.47 Å². The number of morpholine rings is 1. The van der Waals surface area contributed by atoms with Crippen molar-refractivity contribution in [1.82, 2.24) is 4.90 Å². The summed E-state index contributed by atoms with van der Waals surface area (Å²) in [5, 5.41) is 9.73. The van der Waals surface area contributed by atoms with Crippen molar-refractivity contribution in [3.05, 3.63) is 89.5 Å². The third-order valence-electron chi connectivity index (χ3n) is 6.44. The summed E-state index contributed by atoms with van der Waals surface area (Å²) in [6.07, 6.45) is 2.62. The van der Waals surface area contributed by atoms with Crippen molar-refractivity contribution < 1.29 is 23.8 Å². The lowest BCUT2D eigenvalue weighted by Crippen LogP contribution is -2.37. The average molecular weight is 487 g/mol. The molecular formula is C29H27FN2O4. The van der Waals surface area contributed by atoms with Gasteiger partial charge in [0, 0.05) is 25.2 Å².